The van der Waals surface area contributed by atoms with Gasteiger partial charge in [-0.25, -0.2) is 4.39 Å². The monoisotopic (exact) mass is 556 g/mol. The number of carboxylic acids is 1. The Labute approximate surface area is 236 Å². The fraction of sp³-hybridized carbons (Fsp3) is 0.273. The topological polar surface area (TPSA) is 105 Å². The lowest BCUT2D eigenvalue weighted by Gasteiger charge is -2.19. The summed E-state index contributed by atoms with van der Waals surface area (Å²) >= 11 is 0. The highest BCUT2D eigenvalue weighted by molar-refractivity contribution is 6.14. The van der Waals surface area contributed by atoms with Crippen LogP contribution in [0.25, 0.3) is 38.6 Å². The van der Waals surface area contributed by atoms with Crippen molar-refractivity contribution in [1.29, 1.82) is 0 Å². The molecule has 7 nitrogen and oxygen atoms in total. The van der Waals surface area contributed by atoms with Crippen molar-refractivity contribution in [3.63, 3.8) is 0 Å². The van der Waals surface area contributed by atoms with Gasteiger partial charge in [0.05, 0.1) is 24.1 Å². The van der Waals surface area contributed by atoms with Crippen LogP contribution in [-0.4, -0.2) is 42.6 Å². The van der Waals surface area contributed by atoms with E-state index in [-0.39, 0.29) is 30.3 Å². The van der Waals surface area contributed by atoms with Gasteiger partial charge in [-0.3, -0.25) is 14.2 Å². The molecule has 3 aromatic carbocycles. The predicted molar refractivity (Wildman–Crippen MR) is 158 cm³/mol. The van der Waals surface area contributed by atoms with Crippen molar-refractivity contribution in [2.24, 2.45) is 0 Å². The number of aliphatic hydroxyl groups excluding tert-OH is 2. The minimum Gasteiger partial charge on any atom is -0.481 e. The van der Waals surface area contributed by atoms with Gasteiger partial charge in [0, 0.05) is 33.8 Å². The molecular weight excluding hydrogens is 523 g/mol. The number of benzene rings is 3. The summed E-state index contributed by atoms with van der Waals surface area (Å²) in [5.41, 5.74) is 4.14. The van der Waals surface area contributed by atoms with Crippen molar-refractivity contribution in [3.8, 4) is 16.8 Å². The van der Waals surface area contributed by atoms with Gasteiger partial charge in [0.15, 0.2) is 0 Å². The number of nitrogens with zero attached hydrogens (tertiary/aromatic N) is 2. The van der Waals surface area contributed by atoms with E-state index in [1.807, 2.05) is 73.0 Å². The number of hydrogen-bond donors (Lipinski definition) is 3. The van der Waals surface area contributed by atoms with Crippen molar-refractivity contribution in [3.05, 3.63) is 101 Å². The molecule has 0 radical (unpaired) electrons. The summed E-state index contributed by atoms with van der Waals surface area (Å²) in [4.78, 5) is 25.4. The number of rotatable bonds is 10. The van der Waals surface area contributed by atoms with Crippen LogP contribution in [0.3, 0.4) is 0 Å². The van der Waals surface area contributed by atoms with E-state index < -0.39 is 24.6 Å². The van der Waals surface area contributed by atoms with Gasteiger partial charge >= 0.3 is 5.97 Å². The number of halogens is 1. The number of para-hydroxylation sites is 2. The molecule has 41 heavy (non-hydrogen) atoms. The number of aliphatic hydroxyl groups is 2. The van der Waals surface area contributed by atoms with Crippen molar-refractivity contribution in [2.75, 3.05) is 0 Å². The largest absolute Gasteiger partial charge is 0.481 e. The molecule has 5 aromatic rings. The lowest BCUT2D eigenvalue weighted by atomic mass is 9.96. The SMILES string of the molecule is CC(C)n1c(CCC(O)CC(O)CC(=O)O)c(-c2ccc(F)cc2)c2c3ccccc3n(-c3ccccc3)c(=O)c21. The first-order valence-electron chi connectivity index (χ1n) is 13.8. The van der Waals surface area contributed by atoms with E-state index in [0.29, 0.717) is 11.9 Å². The highest BCUT2D eigenvalue weighted by Crippen LogP contribution is 2.40. The second-order valence-electron chi connectivity index (χ2n) is 10.7. The van der Waals surface area contributed by atoms with Crippen LogP contribution < -0.4 is 5.56 Å². The highest BCUT2D eigenvalue weighted by Gasteiger charge is 2.27. The minimum absolute atomic E-state index is 0.0795. The summed E-state index contributed by atoms with van der Waals surface area (Å²) in [7, 11) is 0. The number of carboxylic acid groups (broad SMARTS) is 1. The van der Waals surface area contributed by atoms with E-state index >= 15 is 0 Å². The maximum Gasteiger partial charge on any atom is 0.305 e. The van der Waals surface area contributed by atoms with Gasteiger partial charge in [0.1, 0.15) is 11.3 Å². The number of pyridine rings is 1. The normalized spacial score (nSPS) is 13.2. The molecule has 0 saturated heterocycles. The van der Waals surface area contributed by atoms with Crippen LogP contribution in [0, 0.1) is 5.82 Å². The summed E-state index contributed by atoms with van der Waals surface area (Å²) in [6.07, 6.45) is -2.07. The van der Waals surface area contributed by atoms with Gasteiger partial charge in [-0.15, -0.1) is 0 Å². The summed E-state index contributed by atoms with van der Waals surface area (Å²) in [6, 6.07) is 23.2. The minimum atomic E-state index is -1.17. The van der Waals surface area contributed by atoms with Gasteiger partial charge in [-0.1, -0.05) is 48.5 Å². The Bertz CT molecular complexity index is 1760. The van der Waals surface area contributed by atoms with Crippen LogP contribution in [0.4, 0.5) is 4.39 Å². The molecule has 3 N–H and O–H groups in total. The molecule has 0 spiro atoms. The standard InChI is InChI=1S/C33H33FN2O5/c1-20(2)35-28(17-16-24(37)18-25(38)19-29(39)40)30(21-12-14-22(34)15-13-21)31-26-10-6-7-11-27(26)36(33(41)32(31)35)23-8-4-3-5-9-23/h3-15,20,24-25,37-38H,16-19H2,1-2H3,(H,39,40). The van der Waals surface area contributed by atoms with Gasteiger partial charge in [-0.05, 0) is 69.0 Å². The quantitative estimate of drug-likeness (QED) is 0.200. The Kier molecular flexibility index (Phi) is 8.06. The van der Waals surface area contributed by atoms with Gasteiger partial charge < -0.3 is 19.9 Å². The number of aromatic nitrogens is 2. The van der Waals surface area contributed by atoms with Crippen LogP contribution in [0.5, 0.6) is 0 Å². The zero-order valence-corrected chi connectivity index (χ0v) is 23.0. The summed E-state index contributed by atoms with van der Waals surface area (Å²) in [5.74, 6) is -1.51. The van der Waals surface area contributed by atoms with Gasteiger partial charge in [0.25, 0.3) is 5.56 Å². The summed E-state index contributed by atoms with van der Waals surface area (Å²) < 4.78 is 17.7. The average molecular weight is 557 g/mol. The van der Waals surface area contributed by atoms with Crippen molar-refractivity contribution >= 4 is 27.8 Å². The molecule has 0 fully saturated rings. The van der Waals surface area contributed by atoms with Crippen LogP contribution in [0.15, 0.2) is 83.7 Å². The highest BCUT2D eigenvalue weighted by atomic mass is 19.1. The van der Waals surface area contributed by atoms with E-state index in [0.717, 1.165) is 38.8 Å². The zero-order valence-electron chi connectivity index (χ0n) is 23.0. The molecule has 0 amide bonds. The van der Waals surface area contributed by atoms with Crippen molar-refractivity contribution < 1.29 is 24.5 Å². The smallest absolute Gasteiger partial charge is 0.305 e. The molecule has 2 atom stereocenters. The molecule has 212 valence electrons. The Morgan fingerprint density at radius 1 is 0.902 bits per heavy atom. The fourth-order valence-corrected chi connectivity index (χ4v) is 5.80. The Morgan fingerprint density at radius 3 is 2.22 bits per heavy atom. The first kappa shape index (κ1) is 28.3. The predicted octanol–water partition coefficient (Wildman–Crippen LogP) is 5.85. The Hall–Kier alpha value is -4.27. The Morgan fingerprint density at radius 2 is 1.56 bits per heavy atom. The van der Waals surface area contributed by atoms with Crippen molar-refractivity contribution in [1.82, 2.24) is 9.13 Å². The molecule has 0 aliphatic carbocycles. The first-order valence-corrected chi connectivity index (χ1v) is 13.8. The third-order valence-corrected chi connectivity index (χ3v) is 7.46. The van der Waals surface area contributed by atoms with Crippen LogP contribution in [-0.2, 0) is 11.2 Å². The molecule has 0 saturated carbocycles. The van der Waals surface area contributed by atoms with E-state index in [9.17, 15) is 24.2 Å². The van der Waals surface area contributed by atoms with E-state index in [4.69, 9.17) is 5.11 Å². The van der Waals surface area contributed by atoms with Gasteiger partial charge in [0.2, 0.25) is 0 Å². The fourth-order valence-electron chi connectivity index (χ4n) is 5.80. The molecule has 2 heterocycles. The molecule has 0 bridgehead atoms. The van der Waals surface area contributed by atoms with E-state index in [1.54, 1.807) is 16.7 Å². The number of fused-ring (bicyclic) bond motifs is 3. The molecule has 2 aromatic heterocycles. The number of hydrogen-bond acceptors (Lipinski definition) is 4. The third-order valence-electron chi connectivity index (χ3n) is 7.46. The maximum absolute atomic E-state index is 14.4. The molecule has 5 rings (SSSR count). The van der Waals surface area contributed by atoms with Gasteiger partial charge in [-0.2, -0.15) is 0 Å². The average Bonchev–Trinajstić information content (AvgIpc) is 3.28. The molecule has 2 unspecified atom stereocenters. The molecule has 8 heteroatoms. The molecule has 0 aliphatic heterocycles. The summed E-state index contributed by atoms with van der Waals surface area (Å²) in [6.45, 7) is 3.98. The number of aliphatic carboxylic acids is 1. The van der Waals surface area contributed by atoms with Crippen LogP contribution in [0.2, 0.25) is 0 Å². The van der Waals surface area contributed by atoms with E-state index in [2.05, 4.69) is 0 Å². The summed E-state index contributed by atoms with van der Waals surface area (Å²) in [5, 5.41) is 31.4. The second-order valence-corrected chi connectivity index (χ2v) is 10.7. The lowest BCUT2D eigenvalue weighted by molar-refractivity contribution is -0.139. The molecular formula is C33H33FN2O5. The second kappa shape index (κ2) is 11.7. The van der Waals surface area contributed by atoms with E-state index in [1.165, 1.54) is 12.1 Å². The van der Waals surface area contributed by atoms with Crippen LogP contribution >= 0.6 is 0 Å². The molecule has 0 aliphatic rings. The Balaban J connectivity index is 1.79. The maximum atomic E-state index is 14.4. The van der Waals surface area contributed by atoms with Crippen molar-refractivity contribution in [2.45, 2.75) is 57.8 Å². The lowest BCUT2D eigenvalue weighted by Crippen LogP contribution is -2.23. The zero-order chi connectivity index (χ0) is 29.3. The third kappa shape index (κ3) is 5.53. The number of carbonyl (C=O) groups is 1. The van der Waals surface area contributed by atoms with Crippen LogP contribution in [0.1, 0.15) is 44.8 Å². The first-order chi connectivity index (χ1) is 19.7.